The third-order valence-corrected chi connectivity index (χ3v) is 6.74. The number of aliphatic hydroxyl groups excluding tert-OH is 1. The molecule has 1 aliphatic heterocycles. The Morgan fingerprint density at radius 2 is 1.58 bits per heavy atom. The zero-order valence-corrected chi connectivity index (χ0v) is 18.0. The van der Waals surface area contributed by atoms with Gasteiger partial charge >= 0.3 is 0 Å². The molecule has 2 aliphatic rings. The highest BCUT2D eigenvalue weighted by molar-refractivity contribution is 5.90. The zero-order chi connectivity index (χ0) is 21.9. The maximum atomic E-state index is 13.7. The lowest BCUT2D eigenvalue weighted by atomic mass is 9.78. The summed E-state index contributed by atoms with van der Waals surface area (Å²) >= 11 is 0. The van der Waals surface area contributed by atoms with Crippen LogP contribution in [-0.2, 0) is 15.1 Å². The van der Waals surface area contributed by atoms with Gasteiger partial charge in [-0.1, -0.05) is 61.4 Å². The molecule has 2 aromatic rings. The van der Waals surface area contributed by atoms with E-state index in [9.17, 15) is 14.7 Å². The van der Waals surface area contributed by atoms with Gasteiger partial charge in [-0.15, -0.1) is 0 Å². The first-order chi connectivity index (χ1) is 15.0. The van der Waals surface area contributed by atoms with Crippen molar-refractivity contribution in [1.29, 1.82) is 0 Å². The molecule has 0 bridgehead atoms. The molecule has 4 rings (SSSR count). The Morgan fingerprint density at radius 3 is 2.16 bits per heavy atom. The smallest absolute Gasteiger partial charge is 0.248 e. The van der Waals surface area contributed by atoms with E-state index in [1.165, 1.54) is 6.92 Å². The lowest BCUT2D eigenvalue weighted by Gasteiger charge is -2.48. The molecular weight excluding hydrogens is 390 g/mol. The third kappa shape index (κ3) is 4.17. The molecule has 2 fully saturated rings. The van der Waals surface area contributed by atoms with Crippen molar-refractivity contribution in [2.24, 2.45) is 0 Å². The Balaban J connectivity index is 1.56. The fourth-order valence-corrected chi connectivity index (χ4v) is 5.19. The number of nitrogens with zero attached hydrogens (tertiary/aromatic N) is 1. The molecule has 6 nitrogen and oxygen atoms in total. The summed E-state index contributed by atoms with van der Waals surface area (Å²) in [6.07, 6.45) is 3.13. The van der Waals surface area contributed by atoms with E-state index in [1.54, 1.807) is 4.90 Å². The molecule has 2 amide bonds. The van der Waals surface area contributed by atoms with Gasteiger partial charge in [0.15, 0.2) is 0 Å². The Bertz CT molecular complexity index is 912. The van der Waals surface area contributed by atoms with Crippen molar-refractivity contribution in [2.75, 3.05) is 18.4 Å². The van der Waals surface area contributed by atoms with Crippen molar-refractivity contribution in [3.8, 4) is 0 Å². The number of hydrogen-bond acceptors (Lipinski definition) is 4. The minimum atomic E-state index is -0.897. The van der Waals surface area contributed by atoms with E-state index in [-0.39, 0.29) is 18.4 Å². The molecule has 0 unspecified atom stereocenters. The van der Waals surface area contributed by atoms with Crippen LogP contribution < -0.4 is 10.6 Å². The van der Waals surface area contributed by atoms with Crippen molar-refractivity contribution >= 4 is 17.5 Å². The van der Waals surface area contributed by atoms with Gasteiger partial charge in [0, 0.05) is 25.7 Å². The van der Waals surface area contributed by atoms with Crippen LogP contribution in [0.1, 0.15) is 44.6 Å². The molecule has 0 spiro atoms. The van der Waals surface area contributed by atoms with E-state index in [0.717, 1.165) is 36.9 Å². The first kappa shape index (κ1) is 21.4. The SMILES string of the molecule is CC(=O)N[C@]1(c2ccccc2)CCN(C(=O)C2(Nc3ccccc3)CCCC2)C[C@H]1O. The largest absolute Gasteiger partial charge is 0.388 e. The highest BCUT2D eigenvalue weighted by Gasteiger charge is 2.49. The Kier molecular flexibility index (Phi) is 6.01. The molecule has 1 aliphatic carbocycles. The quantitative estimate of drug-likeness (QED) is 0.693. The number of carbonyl (C=O) groups is 2. The highest BCUT2D eigenvalue weighted by Crippen LogP contribution is 2.38. The average molecular weight is 422 g/mol. The number of β-amino-alcohol motifs (C(OH)–C–C–N with tert-alkyl or cyclic N) is 1. The minimum absolute atomic E-state index is 0.0392. The number of carbonyl (C=O) groups excluding carboxylic acids is 2. The number of hydrogen-bond donors (Lipinski definition) is 3. The molecule has 1 heterocycles. The second-order valence-corrected chi connectivity index (χ2v) is 8.82. The first-order valence-corrected chi connectivity index (χ1v) is 11.1. The van der Waals surface area contributed by atoms with Gasteiger partial charge < -0.3 is 20.6 Å². The van der Waals surface area contributed by atoms with Crippen LogP contribution in [0.15, 0.2) is 60.7 Å². The third-order valence-electron chi connectivity index (χ3n) is 6.74. The number of piperidine rings is 1. The molecule has 2 atom stereocenters. The number of benzene rings is 2. The van der Waals surface area contributed by atoms with Gasteiger partial charge in [-0.2, -0.15) is 0 Å². The summed E-state index contributed by atoms with van der Waals surface area (Å²) in [6.45, 7) is 2.13. The Labute approximate surface area is 183 Å². The number of anilines is 1. The molecule has 31 heavy (non-hydrogen) atoms. The number of aliphatic hydroxyl groups is 1. The van der Waals surface area contributed by atoms with Crippen LogP contribution in [0.25, 0.3) is 0 Å². The van der Waals surface area contributed by atoms with Crippen molar-refractivity contribution in [1.82, 2.24) is 10.2 Å². The fraction of sp³-hybridized carbons (Fsp3) is 0.440. The van der Waals surface area contributed by atoms with Gasteiger partial charge in [-0.3, -0.25) is 9.59 Å². The predicted molar refractivity (Wildman–Crippen MR) is 120 cm³/mol. The summed E-state index contributed by atoms with van der Waals surface area (Å²) in [5, 5.41) is 17.7. The summed E-state index contributed by atoms with van der Waals surface area (Å²) in [7, 11) is 0. The van der Waals surface area contributed by atoms with Gasteiger partial charge in [-0.05, 0) is 37.0 Å². The Morgan fingerprint density at radius 1 is 0.968 bits per heavy atom. The maximum Gasteiger partial charge on any atom is 0.248 e. The van der Waals surface area contributed by atoms with E-state index in [2.05, 4.69) is 10.6 Å². The summed E-state index contributed by atoms with van der Waals surface area (Å²) in [5.41, 5.74) is 0.275. The molecule has 2 aromatic carbocycles. The second kappa shape index (κ2) is 8.71. The fourth-order valence-electron chi connectivity index (χ4n) is 5.19. The predicted octanol–water partition coefficient (Wildman–Crippen LogP) is 3.04. The van der Waals surface area contributed by atoms with E-state index in [0.29, 0.717) is 13.0 Å². The lowest BCUT2D eigenvalue weighted by Crippen LogP contribution is -2.65. The molecule has 0 radical (unpaired) electrons. The first-order valence-electron chi connectivity index (χ1n) is 11.1. The van der Waals surface area contributed by atoms with Crippen LogP contribution in [0.4, 0.5) is 5.69 Å². The topological polar surface area (TPSA) is 81.7 Å². The average Bonchev–Trinajstić information content (AvgIpc) is 3.25. The molecular formula is C25H31N3O3. The molecule has 164 valence electrons. The van der Waals surface area contributed by atoms with Gasteiger partial charge in [0.2, 0.25) is 11.8 Å². The normalized spacial score (nSPS) is 25.1. The number of likely N-dealkylation sites (tertiary alicyclic amines) is 1. The zero-order valence-electron chi connectivity index (χ0n) is 18.0. The van der Waals surface area contributed by atoms with E-state index < -0.39 is 17.2 Å². The van der Waals surface area contributed by atoms with Gasteiger partial charge in [0.1, 0.15) is 5.54 Å². The number of nitrogens with one attached hydrogen (secondary N) is 2. The lowest BCUT2D eigenvalue weighted by molar-refractivity contribution is -0.143. The Hall–Kier alpha value is -2.86. The summed E-state index contributed by atoms with van der Waals surface area (Å²) in [6, 6.07) is 19.4. The molecule has 1 saturated heterocycles. The van der Waals surface area contributed by atoms with Crippen LogP contribution in [0, 0.1) is 0 Å². The second-order valence-electron chi connectivity index (χ2n) is 8.82. The molecule has 3 N–H and O–H groups in total. The van der Waals surface area contributed by atoms with Crippen molar-refractivity contribution in [3.63, 3.8) is 0 Å². The van der Waals surface area contributed by atoms with E-state index in [4.69, 9.17) is 0 Å². The van der Waals surface area contributed by atoms with Crippen LogP contribution >= 0.6 is 0 Å². The minimum Gasteiger partial charge on any atom is -0.388 e. The van der Waals surface area contributed by atoms with E-state index >= 15 is 0 Å². The van der Waals surface area contributed by atoms with Crippen LogP contribution in [-0.4, -0.2) is 46.6 Å². The van der Waals surface area contributed by atoms with Crippen molar-refractivity contribution in [3.05, 3.63) is 66.2 Å². The number of amides is 2. The molecule has 0 aromatic heterocycles. The molecule has 6 heteroatoms. The van der Waals surface area contributed by atoms with Crippen molar-refractivity contribution in [2.45, 2.75) is 56.2 Å². The summed E-state index contributed by atoms with van der Waals surface area (Å²) < 4.78 is 0. The maximum absolute atomic E-state index is 13.7. The summed E-state index contributed by atoms with van der Waals surface area (Å²) in [4.78, 5) is 27.5. The monoisotopic (exact) mass is 421 g/mol. The van der Waals surface area contributed by atoms with Crippen LogP contribution in [0.3, 0.4) is 0 Å². The van der Waals surface area contributed by atoms with E-state index in [1.807, 2.05) is 60.7 Å². The number of para-hydroxylation sites is 1. The van der Waals surface area contributed by atoms with Gasteiger partial charge in [-0.25, -0.2) is 0 Å². The highest BCUT2D eigenvalue weighted by atomic mass is 16.3. The van der Waals surface area contributed by atoms with Gasteiger partial charge in [0.05, 0.1) is 11.6 Å². The number of rotatable bonds is 5. The standard InChI is InChI=1S/C25H31N3O3/c1-19(29)26-25(20-10-4-2-5-11-20)16-17-28(18-22(25)30)23(31)24(14-8-9-15-24)27-21-12-6-3-7-13-21/h2-7,10-13,22,27,30H,8-9,14-18H2,1H3,(H,26,29)/t22-,25+/m1/s1. The van der Waals surface area contributed by atoms with Crippen LogP contribution in [0.2, 0.25) is 0 Å². The summed E-state index contributed by atoms with van der Waals surface area (Å²) in [5.74, 6) is -0.155. The van der Waals surface area contributed by atoms with Gasteiger partial charge in [0.25, 0.3) is 0 Å². The van der Waals surface area contributed by atoms with Crippen molar-refractivity contribution < 1.29 is 14.7 Å². The van der Waals surface area contributed by atoms with Crippen LogP contribution in [0.5, 0.6) is 0 Å². The molecule has 1 saturated carbocycles.